The fraction of sp³-hybridized carbons (Fsp3) is 0.318. The van der Waals surface area contributed by atoms with E-state index in [1.807, 2.05) is 41.3 Å². The van der Waals surface area contributed by atoms with Gasteiger partial charge in [0.15, 0.2) is 0 Å². The van der Waals surface area contributed by atoms with E-state index in [4.69, 9.17) is 21.3 Å². The molecule has 4 rings (SSSR count). The molecule has 0 spiro atoms. The number of rotatable bonds is 5. The Morgan fingerprint density at radius 2 is 2.07 bits per heavy atom. The third-order valence-corrected chi connectivity index (χ3v) is 6.36. The first-order valence-corrected chi connectivity index (χ1v) is 11.0. The summed E-state index contributed by atoms with van der Waals surface area (Å²) in [5, 5.41) is 1.38. The third-order valence-electron chi connectivity index (χ3n) is 5.22. The maximum absolute atomic E-state index is 12.9. The van der Waals surface area contributed by atoms with Crippen LogP contribution in [0.25, 0.3) is 0 Å². The third kappa shape index (κ3) is 4.42. The molecule has 3 aromatic rings. The van der Waals surface area contributed by atoms with Crippen LogP contribution in [0.5, 0.6) is 5.75 Å². The largest absolute Gasteiger partial charge is 0.497 e. The van der Waals surface area contributed by atoms with Crippen LogP contribution in [0.2, 0.25) is 5.02 Å². The van der Waals surface area contributed by atoms with Crippen molar-refractivity contribution in [3.8, 4) is 5.75 Å². The van der Waals surface area contributed by atoms with E-state index in [-0.39, 0.29) is 11.9 Å². The number of hydrogen-bond donors (Lipinski definition) is 0. The summed E-state index contributed by atoms with van der Waals surface area (Å²) >= 11 is 7.62. The Morgan fingerprint density at radius 3 is 2.83 bits per heavy atom. The van der Waals surface area contributed by atoms with Gasteiger partial charge in [-0.05, 0) is 36.8 Å². The molecule has 30 heavy (non-hydrogen) atoms. The van der Waals surface area contributed by atoms with Crippen molar-refractivity contribution in [2.45, 2.75) is 19.4 Å². The number of aromatic nitrogens is 2. The second kappa shape index (κ2) is 9.02. The predicted octanol–water partition coefficient (Wildman–Crippen LogP) is 4.14. The summed E-state index contributed by atoms with van der Waals surface area (Å²) in [7, 11) is 1.66. The molecule has 0 aliphatic carbocycles. The van der Waals surface area contributed by atoms with Crippen LogP contribution in [-0.2, 0) is 6.42 Å². The zero-order chi connectivity index (χ0) is 21.1. The summed E-state index contributed by atoms with van der Waals surface area (Å²) in [4.78, 5) is 21.7. The number of benzene rings is 2. The number of ether oxygens (including phenoxy) is 1. The van der Waals surface area contributed by atoms with E-state index in [9.17, 15) is 4.79 Å². The van der Waals surface area contributed by atoms with Crippen LogP contribution in [0.4, 0.5) is 5.13 Å². The molecule has 1 saturated heterocycles. The van der Waals surface area contributed by atoms with Gasteiger partial charge in [0.2, 0.25) is 5.13 Å². The summed E-state index contributed by atoms with van der Waals surface area (Å²) in [6, 6.07) is 15.2. The van der Waals surface area contributed by atoms with E-state index in [0.717, 1.165) is 22.3 Å². The van der Waals surface area contributed by atoms with Gasteiger partial charge in [-0.2, -0.15) is 4.37 Å². The van der Waals surface area contributed by atoms with Crippen LogP contribution in [0, 0.1) is 0 Å². The maximum atomic E-state index is 12.9. The lowest BCUT2D eigenvalue weighted by atomic mass is 10.1. The fourth-order valence-electron chi connectivity index (χ4n) is 3.63. The quantitative estimate of drug-likeness (QED) is 0.594. The van der Waals surface area contributed by atoms with Crippen molar-refractivity contribution in [1.82, 2.24) is 14.3 Å². The molecular weight excluding hydrogens is 420 g/mol. The lowest BCUT2D eigenvalue weighted by Gasteiger charge is -2.39. The van der Waals surface area contributed by atoms with Crippen molar-refractivity contribution < 1.29 is 9.53 Å². The van der Waals surface area contributed by atoms with Gasteiger partial charge in [0.05, 0.1) is 17.7 Å². The first kappa shape index (κ1) is 20.6. The first-order valence-electron chi connectivity index (χ1n) is 9.81. The van der Waals surface area contributed by atoms with Gasteiger partial charge in [-0.1, -0.05) is 35.9 Å². The molecular formula is C22H23ClN4O2S. The molecule has 2 heterocycles. The maximum Gasteiger partial charge on any atom is 0.255 e. The van der Waals surface area contributed by atoms with Gasteiger partial charge in [-0.3, -0.25) is 4.79 Å². The van der Waals surface area contributed by atoms with Crippen LogP contribution >= 0.6 is 23.1 Å². The van der Waals surface area contributed by atoms with E-state index in [2.05, 4.69) is 16.2 Å². The number of carbonyl (C=O) groups excluding carboxylic acids is 1. The number of hydrogen-bond acceptors (Lipinski definition) is 6. The average molecular weight is 443 g/mol. The molecule has 156 valence electrons. The highest BCUT2D eigenvalue weighted by atomic mass is 35.5. The van der Waals surface area contributed by atoms with Crippen molar-refractivity contribution >= 4 is 34.2 Å². The smallest absolute Gasteiger partial charge is 0.255 e. The molecule has 0 radical (unpaired) electrons. The molecule has 1 amide bonds. The van der Waals surface area contributed by atoms with Crippen molar-refractivity contribution in [1.29, 1.82) is 0 Å². The number of piperazine rings is 1. The van der Waals surface area contributed by atoms with Gasteiger partial charge < -0.3 is 14.5 Å². The highest BCUT2D eigenvalue weighted by molar-refractivity contribution is 7.09. The Morgan fingerprint density at radius 1 is 1.23 bits per heavy atom. The van der Waals surface area contributed by atoms with Crippen LogP contribution < -0.4 is 9.64 Å². The van der Waals surface area contributed by atoms with Gasteiger partial charge in [-0.15, -0.1) is 0 Å². The minimum Gasteiger partial charge on any atom is -0.497 e. The van der Waals surface area contributed by atoms with Gasteiger partial charge in [-0.25, -0.2) is 4.98 Å². The molecule has 0 N–H and O–H groups in total. The summed E-state index contributed by atoms with van der Waals surface area (Å²) in [5.41, 5.74) is 1.66. The van der Waals surface area contributed by atoms with Gasteiger partial charge in [0.1, 0.15) is 11.6 Å². The summed E-state index contributed by atoms with van der Waals surface area (Å²) < 4.78 is 9.82. The fourth-order valence-corrected chi connectivity index (χ4v) is 4.57. The summed E-state index contributed by atoms with van der Waals surface area (Å²) in [6.45, 7) is 4.10. The van der Waals surface area contributed by atoms with E-state index in [1.54, 1.807) is 19.2 Å². The lowest BCUT2D eigenvalue weighted by molar-refractivity contribution is 0.0674. The highest BCUT2D eigenvalue weighted by Gasteiger charge is 2.30. The minimum atomic E-state index is -0.0243. The van der Waals surface area contributed by atoms with Gasteiger partial charge in [0.25, 0.3) is 5.91 Å². The Balaban J connectivity index is 1.41. The molecule has 1 atom stereocenters. The molecule has 8 heteroatoms. The number of amides is 1. The standard InChI is InChI=1S/C22H23ClN4O2S/c1-15-14-26(10-11-27(15)21(28)18-8-3-4-9-19(18)23)22-24-20(25-30-22)13-16-6-5-7-17(12-16)29-2/h3-9,12,15H,10-11,13-14H2,1-2H3. The molecule has 6 nitrogen and oxygen atoms in total. The Kier molecular flexibility index (Phi) is 6.20. The monoisotopic (exact) mass is 442 g/mol. The average Bonchev–Trinajstić information content (AvgIpc) is 3.22. The van der Waals surface area contributed by atoms with Crippen LogP contribution in [-0.4, -0.2) is 53.0 Å². The zero-order valence-electron chi connectivity index (χ0n) is 16.9. The Hall–Kier alpha value is -2.64. The Bertz CT molecular complexity index is 1040. The van der Waals surface area contributed by atoms with E-state index in [0.29, 0.717) is 36.6 Å². The van der Waals surface area contributed by atoms with E-state index >= 15 is 0 Å². The van der Waals surface area contributed by atoms with Gasteiger partial charge in [0, 0.05) is 43.6 Å². The zero-order valence-corrected chi connectivity index (χ0v) is 18.5. The predicted molar refractivity (Wildman–Crippen MR) is 120 cm³/mol. The SMILES string of the molecule is COc1cccc(Cc2nsc(N3CCN(C(=O)c4ccccc4Cl)C(C)C3)n2)c1. The van der Waals surface area contributed by atoms with Crippen molar-refractivity contribution in [3.05, 3.63) is 70.5 Å². The lowest BCUT2D eigenvalue weighted by Crippen LogP contribution is -2.54. The first-order chi connectivity index (χ1) is 14.5. The van der Waals surface area contributed by atoms with Crippen LogP contribution in [0.1, 0.15) is 28.7 Å². The number of carbonyl (C=O) groups is 1. The highest BCUT2D eigenvalue weighted by Crippen LogP contribution is 2.25. The van der Waals surface area contributed by atoms with Crippen molar-refractivity contribution in [2.24, 2.45) is 0 Å². The molecule has 1 aliphatic heterocycles. The molecule has 1 unspecified atom stereocenters. The molecule has 0 bridgehead atoms. The van der Waals surface area contributed by atoms with Crippen molar-refractivity contribution in [2.75, 3.05) is 31.6 Å². The number of nitrogens with zero attached hydrogens (tertiary/aromatic N) is 4. The van der Waals surface area contributed by atoms with E-state index < -0.39 is 0 Å². The summed E-state index contributed by atoms with van der Waals surface area (Å²) in [5.74, 6) is 1.60. The number of anilines is 1. The molecule has 2 aromatic carbocycles. The van der Waals surface area contributed by atoms with Gasteiger partial charge >= 0.3 is 0 Å². The molecule has 1 aromatic heterocycles. The molecule has 1 fully saturated rings. The van der Waals surface area contributed by atoms with Crippen molar-refractivity contribution in [3.63, 3.8) is 0 Å². The second-order valence-corrected chi connectivity index (χ2v) is 8.43. The van der Waals surface area contributed by atoms with Crippen LogP contribution in [0.3, 0.4) is 0 Å². The topological polar surface area (TPSA) is 58.6 Å². The number of methoxy groups -OCH3 is 1. The molecule has 1 aliphatic rings. The normalized spacial score (nSPS) is 16.6. The van der Waals surface area contributed by atoms with Crippen LogP contribution in [0.15, 0.2) is 48.5 Å². The molecule has 0 saturated carbocycles. The Labute approximate surface area is 185 Å². The minimum absolute atomic E-state index is 0.0243. The summed E-state index contributed by atoms with van der Waals surface area (Å²) in [6.07, 6.45) is 0.661. The second-order valence-electron chi connectivity index (χ2n) is 7.29. The van der Waals surface area contributed by atoms with E-state index in [1.165, 1.54) is 11.5 Å². The number of halogens is 1.